The smallest absolute Gasteiger partial charge is 0.234 e. The zero-order valence-electron chi connectivity index (χ0n) is 11.7. The molecule has 0 unspecified atom stereocenters. The molecule has 0 saturated heterocycles. The molecule has 0 heterocycles. The Bertz CT molecular complexity index is 519. The first-order valence-electron chi connectivity index (χ1n) is 6.42. The summed E-state index contributed by atoms with van der Waals surface area (Å²) in [7, 11) is -3.42. The first kappa shape index (κ1) is 17.1. The Labute approximate surface area is 125 Å². The molecule has 0 bridgehead atoms. The number of benzene rings is 1. The van der Waals surface area contributed by atoms with Crippen molar-refractivity contribution >= 4 is 27.3 Å². The second-order valence-electron chi connectivity index (χ2n) is 4.01. The van der Waals surface area contributed by atoms with Crippen LogP contribution in [0, 0.1) is 0 Å². The van der Waals surface area contributed by atoms with Gasteiger partial charge >= 0.3 is 0 Å². The van der Waals surface area contributed by atoms with Gasteiger partial charge in [0.1, 0.15) is 5.75 Å². The van der Waals surface area contributed by atoms with Gasteiger partial charge in [-0.3, -0.25) is 4.72 Å². The molecular formula is C13H20ClNO4S. The molecule has 0 fully saturated rings. The van der Waals surface area contributed by atoms with E-state index < -0.39 is 10.0 Å². The zero-order valence-corrected chi connectivity index (χ0v) is 13.3. The molecule has 7 heteroatoms. The number of hydrogen-bond acceptors (Lipinski definition) is 4. The van der Waals surface area contributed by atoms with Gasteiger partial charge in [0.25, 0.3) is 0 Å². The SMILES string of the molecule is CCOCCS(=O)(=O)Nc1ccc(OCC)c(CCl)c1. The van der Waals surface area contributed by atoms with Crippen LogP contribution in [0.25, 0.3) is 0 Å². The van der Waals surface area contributed by atoms with E-state index in [0.29, 0.717) is 24.7 Å². The summed E-state index contributed by atoms with van der Waals surface area (Å²) in [6.45, 7) is 4.89. The van der Waals surface area contributed by atoms with Crippen LogP contribution in [0.1, 0.15) is 19.4 Å². The van der Waals surface area contributed by atoms with Gasteiger partial charge < -0.3 is 9.47 Å². The molecule has 0 spiro atoms. The summed E-state index contributed by atoms with van der Waals surface area (Å²) in [6.07, 6.45) is 0. The number of alkyl halides is 1. The van der Waals surface area contributed by atoms with Crippen LogP contribution < -0.4 is 9.46 Å². The highest BCUT2D eigenvalue weighted by Crippen LogP contribution is 2.25. The Morgan fingerprint density at radius 1 is 1.25 bits per heavy atom. The highest BCUT2D eigenvalue weighted by molar-refractivity contribution is 7.92. The average molecular weight is 322 g/mol. The quantitative estimate of drug-likeness (QED) is 0.561. The third-order valence-electron chi connectivity index (χ3n) is 2.48. The fraction of sp³-hybridized carbons (Fsp3) is 0.538. The van der Waals surface area contributed by atoms with E-state index in [2.05, 4.69) is 4.72 Å². The lowest BCUT2D eigenvalue weighted by molar-refractivity contribution is 0.163. The van der Waals surface area contributed by atoms with Crippen LogP contribution in [-0.2, 0) is 20.6 Å². The van der Waals surface area contributed by atoms with E-state index >= 15 is 0 Å². The van der Waals surface area contributed by atoms with Gasteiger partial charge in [0.05, 0.1) is 24.8 Å². The van der Waals surface area contributed by atoms with E-state index in [0.717, 1.165) is 5.56 Å². The fourth-order valence-electron chi connectivity index (χ4n) is 1.59. The van der Waals surface area contributed by atoms with Gasteiger partial charge in [-0.15, -0.1) is 11.6 Å². The van der Waals surface area contributed by atoms with Crippen molar-refractivity contribution in [1.29, 1.82) is 0 Å². The van der Waals surface area contributed by atoms with E-state index in [4.69, 9.17) is 21.1 Å². The van der Waals surface area contributed by atoms with Gasteiger partial charge in [-0.1, -0.05) is 0 Å². The zero-order chi connectivity index (χ0) is 15.0. The molecule has 114 valence electrons. The topological polar surface area (TPSA) is 64.6 Å². The van der Waals surface area contributed by atoms with Crippen LogP contribution in [-0.4, -0.2) is 34.0 Å². The van der Waals surface area contributed by atoms with Crippen molar-refractivity contribution < 1.29 is 17.9 Å². The largest absolute Gasteiger partial charge is 0.494 e. The Morgan fingerprint density at radius 2 is 2.00 bits per heavy atom. The number of halogens is 1. The van der Waals surface area contributed by atoms with Crippen molar-refractivity contribution in [3.63, 3.8) is 0 Å². The predicted octanol–water partition coefficient (Wildman–Crippen LogP) is 2.60. The molecular weight excluding hydrogens is 302 g/mol. The highest BCUT2D eigenvalue weighted by atomic mass is 35.5. The molecule has 1 rings (SSSR count). The molecule has 0 atom stereocenters. The summed E-state index contributed by atoms with van der Waals surface area (Å²) >= 11 is 5.84. The molecule has 0 amide bonds. The summed E-state index contributed by atoms with van der Waals surface area (Å²) in [5.41, 5.74) is 1.22. The van der Waals surface area contributed by atoms with Crippen LogP contribution in [0.2, 0.25) is 0 Å². The van der Waals surface area contributed by atoms with Gasteiger partial charge in [-0.2, -0.15) is 0 Å². The fourth-order valence-corrected chi connectivity index (χ4v) is 2.72. The molecule has 5 nitrogen and oxygen atoms in total. The van der Waals surface area contributed by atoms with Gasteiger partial charge in [-0.25, -0.2) is 8.42 Å². The van der Waals surface area contributed by atoms with Gasteiger partial charge in [0.15, 0.2) is 0 Å². The van der Waals surface area contributed by atoms with Crippen molar-refractivity contribution in [1.82, 2.24) is 0 Å². The van der Waals surface area contributed by atoms with Crippen molar-refractivity contribution in [2.24, 2.45) is 0 Å². The Kier molecular flexibility index (Phi) is 7.12. The van der Waals surface area contributed by atoms with Crippen LogP contribution >= 0.6 is 11.6 Å². The van der Waals surface area contributed by atoms with Gasteiger partial charge in [0, 0.05) is 17.9 Å². The van der Waals surface area contributed by atoms with E-state index in [-0.39, 0.29) is 18.2 Å². The highest BCUT2D eigenvalue weighted by Gasteiger charge is 2.12. The van der Waals surface area contributed by atoms with Crippen LogP contribution in [0.4, 0.5) is 5.69 Å². The Morgan fingerprint density at radius 3 is 2.60 bits per heavy atom. The predicted molar refractivity (Wildman–Crippen MR) is 81.1 cm³/mol. The minimum absolute atomic E-state index is 0.0791. The maximum Gasteiger partial charge on any atom is 0.234 e. The van der Waals surface area contributed by atoms with Gasteiger partial charge in [-0.05, 0) is 32.0 Å². The molecule has 0 radical (unpaired) electrons. The molecule has 20 heavy (non-hydrogen) atoms. The molecule has 0 aliphatic heterocycles. The molecule has 1 aromatic rings. The lowest BCUT2D eigenvalue weighted by atomic mass is 10.2. The monoisotopic (exact) mass is 321 g/mol. The number of rotatable bonds is 9. The second kappa shape index (κ2) is 8.34. The summed E-state index contributed by atoms with van der Waals surface area (Å²) in [4.78, 5) is 0. The number of ether oxygens (including phenoxy) is 2. The third kappa shape index (κ3) is 5.56. The minimum Gasteiger partial charge on any atom is -0.494 e. The first-order valence-corrected chi connectivity index (χ1v) is 8.61. The summed E-state index contributed by atoms with van der Waals surface area (Å²) in [6, 6.07) is 5.04. The van der Waals surface area contributed by atoms with Crippen molar-refractivity contribution in [2.75, 3.05) is 30.3 Å². The standard InChI is InChI=1S/C13H20ClNO4S/c1-3-18-7-8-20(16,17)15-12-5-6-13(19-4-2)11(9-12)10-14/h5-6,9,15H,3-4,7-8,10H2,1-2H3. The number of hydrogen-bond donors (Lipinski definition) is 1. The van der Waals surface area contributed by atoms with E-state index in [1.165, 1.54) is 0 Å². The molecule has 0 aliphatic carbocycles. The molecule has 0 aliphatic rings. The molecule has 0 saturated carbocycles. The number of sulfonamides is 1. The number of nitrogens with one attached hydrogen (secondary N) is 1. The summed E-state index contributed by atoms with van der Waals surface area (Å²) in [5, 5.41) is 0. The summed E-state index contributed by atoms with van der Waals surface area (Å²) in [5.74, 6) is 0.841. The third-order valence-corrected chi connectivity index (χ3v) is 4.02. The molecule has 1 N–H and O–H groups in total. The lowest BCUT2D eigenvalue weighted by Crippen LogP contribution is -2.20. The van der Waals surface area contributed by atoms with Crippen molar-refractivity contribution in [3.8, 4) is 5.75 Å². The van der Waals surface area contributed by atoms with Crippen LogP contribution in [0.3, 0.4) is 0 Å². The normalized spacial score (nSPS) is 11.3. The maximum absolute atomic E-state index is 11.8. The van der Waals surface area contributed by atoms with Crippen molar-refractivity contribution in [2.45, 2.75) is 19.7 Å². The van der Waals surface area contributed by atoms with Crippen LogP contribution in [0.5, 0.6) is 5.75 Å². The maximum atomic E-state index is 11.8. The van der Waals surface area contributed by atoms with E-state index in [1.807, 2.05) is 13.8 Å². The number of anilines is 1. The van der Waals surface area contributed by atoms with Crippen molar-refractivity contribution in [3.05, 3.63) is 23.8 Å². The van der Waals surface area contributed by atoms with E-state index in [9.17, 15) is 8.42 Å². The van der Waals surface area contributed by atoms with Gasteiger partial charge in [0.2, 0.25) is 10.0 Å². The van der Waals surface area contributed by atoms with Crippen LogP contribution in [0.15, 0.2) is 18.2 Å². The average Bonchev–Trinajstić information content (AvgIpc) is 2.40. The lowest BCUT2D eigenvalue weighted by Gasteiger charge is -2.12. The first-order chi connectivity index (χ1) is 9.52. The molecule has 0 aromatic heterocycles. The minimum atomic E-state index is -3.42. The summed E-state index contributed by atoms with van der Waals surface area (Å²) < 4.78 is 36.6. The Balaban J connectivity index is 2.77. The second-order valence-corrected chi connectivity index (χ2v) is 6.12. The Hall–Kier alpha value is -0.980. The molecule has 1 aromatic carbocycles. The van der Waals surface area contributed by atoms with E-state index in [1.54, 1.807) is 18.2 Å².